The van der Waals surface area contributed by atoms with Crippen molar-refractivity contribution in [2.24, 2.45) is 0 Å². The fraction of sp³-hybridized carbons (Fsp3) is 0.316. The Kier molecular flexibility index (Phi) is 6.00. The third-order valence-corrected chi connectivity index (χ3v) is 4.47. The van der Waals surface area contributed by atoms with Crippen LogP contribution in [0.15, 0.2) is 42.7 Å². The van der Waals surface area contributed by atoms with Crippen molar-refractivity contribution in [3.63, 3.8) is 0 Å². The van der Waals surface area contributed by atoms with Crippen molar-refractivity contribution in [2.75, 3.05) is 5.32 Å². The molecule has 2 heterocycles. The lowest BCUT2D eigenvalue weighted by molar-refractivity contribution is -0.119. The molecule has 0 aliphatic rings. The van der Waals surface area contributed by atoms with Gasteiger partial charge in [0.05, 0.1) is 18.4 Å². The summed E-state index contributed by atoms with van der Waals surface area (Å²) in [5, 5.41) is 10.2. The Morgan fingerprint density at radius 3 is 2.55 bits per heavy atom. The minimum atomic E-state index is -3.04. The highest BCUT2D eigenvalue weighted by atomic mass is 19.3. The number of carbonyl (C=O) groups excluding carboxylic acids is 1. The maximum absolute atomic E-state index is 13.1. The normalized spacial score (nSPS) is 12.6. The molecule has 0 aliphatic heterocycles. The van der Waals surface area contributed by atoms with Gasteiger partial charge in [-0.1, -0.05) is 24.3 Å². The minimum absolute atomic E-state index is 0.357. The highest BCUT2D eigenvalue weighted by Crippen LogP contribution is 2.27. The van der Waals surface area contributed by atoms with Crippen LogP contribution in [-0.2, 0) is 11.3 Å². The second-order valence-electron chi connectivity index (χ2n) is 6.56. The molecule has 1 unspecified atom stereocenters. The van der Waals surface area contributed by atoms with Crippen molar-refractivity contribution >= 4 is 11.6 Å². The van der Waals surface area contributed by atoms with Gasteiger partial charge in [0.25, 0.3) is 12.9 Å². The number of aryl methyl sites for hydroxylation is 1. The fourth-order valence-electron chi connectivity index (χ4n) is 2.84. The van der Waals surface area contributed by atoms with Gasteiger partial charge in [-0.2, -0.15) is 10.2 Å². The van der Waals surface area contributed by atoms with Gasteiger partial charge in [0.2, 0.25) is 5.91 Å². The molecule has 154 valence electrons. The van der Waals surface area contributed by atoms with Crippen LogP contribution < -0.4 is 5.32 Å². The molecule has 29 heavy (non-hydrogen) atoms. The van der Waals surface area contributed by atoms with Crippen LogP contribution in [0.2, 0.25) is 0 Å². The molecule has 1 atom stereocenters. The molecule has 0 radical (unpaired) electrons. The third kappa shape index (κ3) is 4.64. The van der Waals surface area contributed by atoms with Gasteiger partial charge < -0.3 is 5.32 Å². The van der Waals surface area contributed by atoms with Gasteiger partial charge >= 0.3 is 0 Å². The first-order valence-corrected chi connectivity index (χ1v) is 8.79. The second kappa shape index (κ2) is 8.46. The number of benzene rings is 1. The van der Waals surface area contributed by atoms with Crippen LogP contribution in [0.4, 0.5) is 23.2 Å². The average Bonchev–Trinajstić information content (AvgIpc) is 3.30. The molecule has 1 aromatic carbocycles. The Balaban J connectivity index is 1.72. The van der Waals surface area contributed by atoms with E-state index in [0.29, 0.717) is 23.0 Å². The molecule has 3 aromatic rings. The lowest BCUT2D eigenvalue weighted by Crippen LogP contribution is -2.26. The summed E-state index contributed by atoms with van der Waals surface area (Å²) in [5.41, 5.74) is 0.967. The molecule has 3 rings (SSSR count). The van der Waals surface area contributed by atoms with E-state index in [1.54, 1.807) is 10.9 Å². The topological polar surface area (TPSA) is 64.7 Å². The maximum Gasteiger partial charge on any atom is 0.282 e. The highest BCUT2D eigenvalue weighted by Gasteiger charge is 2.27. The fourth-order valence-corrected chi connectivity index (χ4v) is 2.84. The molecule has 1 N–H and O–H groups in total. The number of carbonyl (C=O) groups is 1. The molecule has 10 heteroatoms. The summed E-state index contributed by atoms with van der Waals surface area (Å²) in [4.78, 5) is 12.4. The van der Waals surface area contributed by atoms with E-state index in [-0.39, 0.29) is 0 Å². The zero-order valence-corrected chi connectivity index (χ0v) is 15.7. The van der Waals surface area contributed by atoms with Crippen molar-refractivity contribution in [2.45, 2.75) is 39.3 Å². The SMILES string of the molecule is Cc1ccccc1Cn1cc(NC(=O)C(C)n2nc(C(F)F)cc2C(F)F)cn1. The number of hydrogen-bond donors (Lipinski definition) is 1. The molecule has 6 nitrogen and oxygen atoms in total. The number of halogens is 4. The smallest absolute Gasteiger partial charge is 0.282 e. The summed E-state index contributed by atoms with van der Waals surface area (Å²) in [6, 6.07) is 7.17. The maximum atomic E-state index is 13.1. The largest absolute Gasteiger partial charge is 0.322 e. The van der Waals surface area contributed by atoms with Crippen LogP contribution in [0, 0.1) is 6.92 Å². The molecule has 0 saturated heterocycles. The number of rotatable bonds is 7. The summed E-state index contributed by atoms with van der Waals surface area (Å²) >= 11 is 0. The van der Waals surface area contributed by atoms with Crippen molar-refractivity contribution in [1.82, 2.24) is 19.6 Å². The van der Waals surface area contributed by atoms with Gasteiger partial charge in [0.1, 0.15) is 17.4 Å². The van der Waals surface area contributed by atoms with Crippen LogP contribution >= 0.6 is 0 Å². The predicted octanol–water partition coefficient (Wildman–Crippen LogP) is 4.51. The lowest BCUT2D eigenvalue weighted by Gasteiger charge is -2.14. The van der Waals surface area contributed by atoms with E-state index in [1.807, 2.05) is 31.2 Å². The van der Waals surface area contributed by atoms with Crippen LogP contribution in [0.3, 0.4) is 0 Å². The quantitative estimate of drug-likeness (QED) is 0.584. The summed E-state index contributed by atoms with van der Waals surface area (Å²) in [5.74, 6) is -0.675. The summed E-state index contributed by atoms with van der Waals surface area (Å²) in [7, 11) is 0. The lowest BCUT2D eigenvalue weighted by atomic mass is 10.1. The molecule has 0 fully saturated rings. The van der Waals surface area contributed by atoms with Gasteiger partial charge in [-0.25, -0.2) is 17.6 Å². The molecule has 0 bridgehead atoms. The molecule has 0 spiro atoms. The molecule has 1 amide bonds. The van der Waals surface area contributed by atoms with Gasteiger partial charge in [-0.15, -0.1) is 0 Å². The van der Waals surface area contributed by atoms with Gasteiger partial charge in [0.15, 0.2) is 0 Å². The first-order valence-electron chi connectivity index (χ1n) is 8.79. The Morgan fingerprint density at radius 1 is 1.17 bits per heavy atom. The van der Waals surface area contributed by atoms with Gasteiger partial charge in [0, 0.05) is 6.20 Å². The van der Waals surface area contributed by atoms with Crippen LogP contribution in [-0.4, -0.2) is 25.5 Å². The molecule has 2 aromatic heterocycles. The highest BCUT2D eigenvalue weighted by molar-refractivity contribution is 5.93. The monoisotopic (exact) mass is 409 g/mol. The molecule has 0 aliphatic carbocycles. The van der Waals surface area contributed by atoms with Gasteiger partial charge in [-0.3, -0.25) is 14.2 Å². The van der Waals surface area contributed by atoms with Gasteiger partial charge in [-0.05, 0) is 31.0 Å². The van der Waals surface area contributed by atoms with Crippen LogP contribution in [0.1, 0.15) is 48.3 Å². The van der Waals surface area contributed by atoms with E-state index in [0.717, 1.165) is 11.1 Å². The number of anilines is 1. The zero-order chi connectivity index (χ0) is 21.1. The van der Waals surface area contributed by atoms with E-state index < -0.39 is 36.2 Å². The van der Waals surface area contributed by atoms with E-state index >= 15 is 0 Å². The first kappa shape index (κ1) is 20.6. The Labute approximate surface area is 164 Å². The molecule has 0 saturated carbocycles. The zero-order valence-electron chi connectivity index (χ0n) is 15.7. The van der Waals surface area contributed by atoms with E-state index in [2.05, 4.69) is 15.5 Å². The number of nitrogens with zero attached hydrogens (tertiary/aromatic N) is 4. The molecular formula is C19H19F4N5O. The van der Waals surface area contributed by atoms with Crippen LogP contribution in [0.25, 0.3) is 0 Å². The Morgan fingerprint density at radius 2 is 1.90 bits per heavy atom. The van der Waals surface area contributed by atoms with Crippen molar-refractivity contribution in [1.29, 1.82) is 0 Å². The average molecular weight is 409 g/mol. The summed E-state index contributed by atoms with van der Waals surface area (Å²) < 4.78 is 54.2. The number of hydrogen-bond acceptors (Lipinski definition) is 3. The Hall–Kier alpha value is -3.17. The standard InChI is InChI=1S/C19H19F4N5O/c1-11-5-3-4-6-13(11)9-27-10-14(8-24-27)25-19(29)12(2)28-16(18(22)23)7-15(26-28)17(20)21/h3-8,10,12,17-18H,9H2,1-2H3,(H,25,29). The first-order chi connectivity index (χ1) is 13.8. The number of amides is 1. The van der Waals surface area contributed by atoms with Crippen molar-refractivity contribution < 1.29 is 22.4 Å². The third-order valence-electron chi connectivity index (χ3n) is 4.47. The number of nitrogens with one attached hydrogen (secondary N) is 1. The molecular weight excluding hydrogens is 390 g/mol. The van der Waals surface area contributed by atoms with Crippen molar-refractivity contribution in [3.05, 3.63) is 65.2 Å². The second-order valence-corrected chi connectivity index (χ2v) is 6.56. The van der Waals surface area contributed by atoms with Crippen LogP contribution in [0.5, 0.6) is 0 Å². The summed E-state index contributed by atoms with van der Waals surface area (Å²) in [6.07, 6.45) is -3.03. The number of alkyl halides is 4. The summed E-state index contributed by atoms with van der Waals surface area (Å²) in [6.45, 7) is 3.77. The van der Waals surface area contributed by atoms with E-state index in [9.17, 15) is 22.4 Å². The van der Waals surface area contributed by atoms with E-state index in [4.69, 9.17) is 0 Å². The predicted molar refractivity (Wildman–Crippen MR) is 98.0 cm³/mol. The number of aromatic nitrogens is 4. The Bertz CT molecular complexity index is 998. The minimum Gasteiger partial charge on any atom is -0.322 e. The van der Waals surface area contributed by atoms with E-state index in [1.165, 1.54) is 13.1 Å². The van der Waals surface area contributed by atoms with Crippen molar-refractivity contribution in [3.8, 4) is 0 Å².